The third-order valence-electron chi connectivity index (χ3n) is 4.38. The first-order valence-electron chi connectivity index (χ1n) is 9.30. The van der Waals surface area contributed by atoms with Gasteiger partial charge in [0.05, 0.1) is 12.2 Å². The van der Waals surface area contributed by atoms with Gasteiger partial charge in [-0.05, 0) is 43.0 Å². The van der Waals surface area contributed by atoms with Crippen molar-refractivity contribution in [3.63, 3.8) is 0 Å². The van der Waals surface area contributed by atoms with Crippen LogP contribution in [0.5, 0.6) is 11.6 Å². The van der Waals surface area contributed by atoms with Crippen molar-refractivity contribution in [2.45, 2.75) is 31.7 Å². The number of carbonyl (C=O) groups excluding carboxylic acids is 1. The van der Waals surface area contributed by atoms with Crippen molar-refractivity contribution >= 4 is 15.7 Å². The Morgan fingerprint density at radius 1 is 1.29 bits per heavy atom. The highest BCUT2D eigenvalue weighted by molar-refractivity contribution is 7.93. The molecule has 0 radical (unpaired) electrons. The zero-order valence-electron chi connectivity index (χ0n) is 16.7. The zero-order valence-corrected chi connectivity index (χ0v) is 17.5. The van der Waals surface area contributed by atoms with E-state index in [1.807, 2.05) is 0 Å². The maximum Gasteiger partial charge on any atom is 0.292 e. The molecule has 1 aliphatic carbocycles. The summed E-state index contributed by atoms with van der Waals surface area (Å²) in [6.45, 7) is 0.605. The van der Waals surface area contributed by atoms with Crippen molar-refractivity contribution in [1.82, 2.24) is 15.3 Å². The third kappa shape index (κ3) is 6.51. The number of amides is 1. The summed E-state index contributed by atoms with van der Waals surface area (Å²) in [7, 11) is -3.38. The van der Waals surface area contributed by atoms with Gasteiger partial charge in [-0.2, -0.15) is 8.78 Å². The SMILES string of the molecule is CC(F)(F)c1ncc(C(=O)N[C@H](/C=C/S(C)(=O)=O)C2CC2)nc1Oc1ccc(F)cc1. The second kappa shape index (κ2) is 8.66. The van der Waals surface area contributed by atoms with E-state index in [1.54, 1.807) is 0 Å². The number of benzene rings is 1. The summed E-state index contributed by atoms with van der Waals surface area (Å²) in [6, 6.07) is 4.05. The Balaban J connectivity index is 1.87. The molecule has 3 rings (SSSR count). The first-order chi connectivity index (χ1) is 14.4. The van der Waals surface area contributed by atoms with E-state index in [0.717, 1.165) is 42.8 Å². The van der Waals surface area contributed by atoms with E-state index in [4.69, 9.17) is 4.74 Å². The van der Waals surface area contributed by atoms with Gasteiger partial charge in [0.2, 0.25) is 5.88 Å². The Labute approximate surface area is 177 Å². The minimum atomic E-state index is -3.41. The number of rotatable bonds is 8. The summed E-state index contributed by atoms with van der Waals surface area (Å²) < 4.78 is 69.1. The number of carbonyl (C=O) groups is 1. The molecule has 31 heavy (non-hydrogen) atoms. The molecule has 1 amide bonds. The predicted octanol–water partition coefficient (Wildman–Crippen LogP) is 3.59. The molecule has 1 N–H and O–H groups in total. The smallest absolute Gasteiger partial charge is 0.292 e. The van der Waals surface area contributed by atoms with Gasteiger partial charge in [-0.25, -0.2) is 22.8 Å². The molecule has 11 heteroatoms. The van der Waals surface area contributed by atoms with Crippen LogP contribution in [0.3, 0.4) is 0 Å². The van der Waals surface area contributed by atoms with Crippen LogP contribution >= 0.6 is 0 Å². The molecule has 1 fully saturated rings. The highest BCUT2D eigenvalue weighted by Crippen LogP contribution is 2.35. The van der Waals surface area contributed by atoms with Crippen molar-refractivity contribution in [1.29, 1.82) is 0 Å². The number of hydrogen-bond acceptors (Lipinski definition) is 6. The quantitative estimate of drug-likeness (QED) is 0.653. The first-order valence-corrected chi connectivity index (χ1v) is 11.3. The molecule has 1 atom stereocenters. The van der Waals surface area contributed by atoms with Crippen molar-refractivity contribution in [3.05, 3.63) is 59.2 Å². The fourth-order valence-corrected chi connectivity index (χ4v) is 3.15. The molecule has 0 aliphatic heterocycles. The zero-order chi connectivity index (χ0) is 22.8. The molecular formula is C20H20F3N3O4S. The maximum absolute atomic E-state index is 13.9. The van der Waals surface area contributed by atoms with E-state index in [0.29, 0.717) is 6.92 Å². The second-order valence-corrected chi connectivity index (χ2v) is 9.28. The van der Waals surface area contributed by atoms with Crippen LogP contribution in [-0.2, 0) is 15.8 Å². The summed E-state index contributed by atoms with van der Waals surface area (Å²) in [5, 5.41) is 3.64. The Bertz CT molecular complexity index is 1100. The van der Waals surface area contributed by atoms with Crippen LogP contribution in [0, 0.1) is 11.7 Å². The van der Waals surface area contributed by atoms with Crippen molar-refractivity contribution in [3.8, 4) is 11.6 Å². The Morgan fingerprint density at radius 3 is 2.48 bits per heavy atom. The lowest BCUT2D eigenvalue weighted by molar-refractivity contribution is 0.00991. The minimum Gasteiger partial charge on any atom is -0.437 e. The topological polar surface area (TPSA) is 98.2 Å². The van der Waals surface area contributed by atoms with Crippen LogP contribution in [0.1, 0.15) is 35.9 Å². The molecule has 1 aromatic carbocycles. The van der Waals surface area contributed by atoms with E-state index >= 15 is 0 Å². The molecule has 7 nitrogen and oxygen atoms in total. The lowest BCUT2D eigenvalue weighted by Crippen LogP contribution is -2.36. The van der Waals surface area contributed by atoms with Gasteiger partial charge >= 0.3 is 0 Å². The third-order valence-corrected chi connectivity index (χ3v) is 5.03. The molecule has 0 bridgehead atoms. The summed E-state index contributed by atoms with van der Waals surface area (Å²) in [5.74, 6) is -5.17. The summed E-state index contributed by atoms with van der Waals surface area (Å²) in [5.41, 5.74) is -1.08. The van der Waals surface area contributed by atoms with Gasteiger partial charge in [-0.1, -0.05) is 6.08 Å². The molecule has 1 aromatic heterocycles. The van der Waals surface area contributed by atoms with Crippen molar-refractivity contribution in [2.75, 3.05) is 6.26 Å². The number of aromatic nitrogens is 2. The van der Waals surface area contributed by atoms with Gasteiger partial charge in [-0.3, -0.25) is 4.79 Å². The van der Waals surface area contributed by atoms with Crippen molar-refractivity contribution < 1.29 is 31.1 Å². The first kappa shape index (κ1) is 22.7. The Kier molecular flexibility index (Phi) is 6.35. The minimum absolute atomic E-state index is 0.0331. The molecule has 0 unspecified atom stereocenters. The number of halogens is 3. The average Bonchev–Trinajstić information content (AvgIpc) is 3.50. The van der Waals surface area contributed by atoms with Gasteiger partial charge in [0.25, 0.3) is 11.8 Å². The van der Waals surface area contributed by atoms with Crippen molar-refractivity contribution in [2.24, 2.45) is 5.92 Å². The number of nitrogens with zero attached hydrogens (tertiary/aromatic N) is 2. The van der Waals surface area contributed by atoms with Gasteiger partial charge in [0, 0.05) is 18.6 Å². The number of alkyl halides is 2. The van der Waals surface area contributed by atoms with Crippen LogP contribution in [0.4, 0.5) is 13.2 Å². The number of hydrogen-bond donors (Lipinski definition) is 1. The van der Waals surface area contributed by atoms with Crippen LogP contribution in [-0.4, -0.2) is 36.6 Å². The van der Waals surface area contributed by atoms with Gasteiger partial charge in [0.15, 0.2) is 21.2 Å². The second-order valence-electron chi connectivity index (χ2n) is 7.35. The fraction of sp³-hybridized carbons (Fsp3) is 0.350. The van der Waals surface area contributed by atoms with Crippen LogP contribution in [0.2, 0.25) is 0 Å². The van der Waals surface area contributed by atoms with E-state index in [-0.39, 0.29) is 17.4 Å². The highest BCUT2D eigenvalue weighted by Gasteiger charge is 2.34. The lowest BCUT2D eigenvalue weighted by atomic mass is 10.2. The van der Waals surface area contributed by atoms with E-state index < -0.39 is 45.1 Å². The maximum atomic E-state index is 13.9. The van der Waals surface area contributed by atoms with E-state index in [9.17, 15) is 26.4 Å². The Morgan fingerprint density at radius 2 is 1.94 bits per heavy atom. The van der Waals surface area contributed by atoms with Crippen LogP contribution in [0.15, 0.2) is 41.9 Å². The fourth-order valence-electron chi connectivity index (χ4n) is 2.70. The van der Waals surface area contributed by atoms with Gasteiger partial charge < -0.3 is 10.1 Å². The van der Waals surface area contributed by atoms with Crippen LogP contribution in [0.25, 0.3) is 0 Å². The van der Waals surface area contributed by atoms with Crippen LogP contribution < -0.4 is 10.1 Å². The predicted molar refractivity (Wildman–Crippen MR) is 106 cm³/mol. The largest absolute Gasteiger partial charge is 0.437 e. The number of nitrogens with one attached hydrogen (secondary N) is 1. The molecule has 166 valence electrons. The lowest BCUT2D eigenvalue weighted by Gasteiger charge is -2.17. The molecule has 1 heterocycles. The summed E-state index contributed by atoms with van der Waals surface area (Å²) in [6.07, 6.45) is 4.92. The molecule has 0 saturated heterocycles. The Hall–Kier alpha value is -2.95. The number of sulfone groups is 1. The molecule has 1 aliphatic rings. The normalized spacial score (nSPS) is 15.6. The standard InChI is InChI=1S/C20H20F3N3O4S/c1-20(22,23)17-19(30-14-7-5-13(21)6-8-14)26-16(11-24-17)18(27)25-15(12-3-4-12)9-10-31(2,28)29/h5-12,15H,3-4H2,1-2H3,(H,25,27)/b10-9+/t15-/m1/s1. The molecule has 2 aromatic rings. The number of ether oxygens (including phenoxy) is 1. The van der Waals surface area contributed by atoms with E-state index in [1.165, 1.54) is 18.2 Å². The average molecular weight is 455 g/mol. The highest BCUT2D eigenvalue weighted by atomic mass is 32.2. The molecular weight excluding hydrogens is 435 g/mol. The van der Waals surface area contributed by atoms with Gasteiger partial charge in [-0.15, -0.1) is 0 Å². The molecule has 0 spiro atoms. The monoisotopic (exact) mass is 455 g/mol. The summed E-state index contributed by atoms with van der Waals surface area (Å²) in [4.78, 5) is 20.2. The van der Waals surface area contributed by atoms with E-state index in [2.05, 4.69) is 15.3 Å². The molecule has 1 saturated carbocycles. The summed E-state index contributed by atoms with van der Waals surface area (Å²) >= 11 is 0. The van der Waals surface area contributed by atoms with Gasteiger partial charge in [0.1, 0.15) is 11.6 Å².